The molecule has 0 unspecified atom stereocenters. The van der Waals surface area contributed by atoms with Crippen LogP contribution in [0, 0.1) is 0 Å². The van der Waals surface area contributed by atoms with Crippen molar-refractivity contribution >= 4 is 18.3 Å². The summed E-state index contributed by atoms with van der Waals surface area (Å²) in [6.45, 7) is -5.04. The van der Waals surface area contributed by atoms with E-state index in [4.69, 9.17) is 0 Å². The molecule has 0 spiro atoms. The number of carbonyl (C=O) groups excluding carboxylic acids is 1. The van der Waals surface area contributed by atoms with Crippen LogP contribution in [0.2, 0.25) is 0 Å². The minimum Gasteiger partial charge on any atom is -0.445 e. The SMILES string of the molecule is CNC(=O)c1ccc([B-](F)(F)F)cn1. The van der Waals surface area contributed by atoms with Crippen LogP contribution in [0.25, 0.3) is 0 Å². The molecule has 0 aliphatic heterocycles. The van der Waals surface area contributed by atoms with Crippen molar-refractivity contribution in [3.63, 3.8) is 0 Å². The molecular weight excluding hydrogens is 196 g/mol. The van der Waals surface area contributed by atoms with Crippen LogP contribution in [0.1, 0.15) is 10.5 Å². The Kier molecular flexibility index (Phi) is 2.78. The molecule has 14 heavy (non-hydrogen) atoms. The lowest BCUT2D eigenvalue weighted by molar-refractivity contribution is 0.0958. The number of carbonyl (C=O) groups is 1. The molecule has 7 heteroatoms. The molecule has 1 N–H and O–H groups in total. The molecule has 1 heterocycles. The normalized spacial score (nSPS) is 11.1. The van der Waals surface area contributed by atoms with Gasteiger partial charge in [0.25, 0.3) is 5.91 Å². The van der Waals surface area contributed by atoms with Crippen molar-refractivity contribution in [2.75, 3.05) is 7.05 Å². The highest BCUT2D eigenvalue weighted by molar-refractivity contribution is 6.73. The van der Waals surface area contributed by atoms with Gasteiger partial charge in [-0.1, -0.05) is 11.5 Å². The summed E-state index contributed by atoms with van der Waals surface area (Å²) < 4.78 is 36.4. The highest BCUT2D eigenvalue weighted by Gasteiger charge is 2.25. The minimum atomic E-state index is -5.04. The first-order chi connectivity index (χ1) is 6.45. The van der Waals surface area contributed by atoms with Gasteiger partial charge in [-0.2, -0.15) is 0 Å². The molecule has 1 amide bonds. The third-order valence-corrected chi connectivity index (χ3v) is 1.62. The summed E-state index contributed by atoms with van der Waals surface area (Å²) in [6.07, 6.45) is 0.657. The summed E-state index contributed by atoms with van der Waals surface area (Å²) in [5.41, 5.74) is -0.839. The van der Waals surface area contributed by atoms with E-state index in [1.165, 1.54) is 7.05 Å². The first-order valence-corrected chi connectivity index (χ1v) is 3.83. The Morgan fingerprint density at radius 2 is 2.07 bits per heavy atom. The first-order valence-electron chi connectivity index (χ1n) is 3.83. The monoisotopic (exact) mass is 203 g/mol. The molecule has 1 aromatic heterocycles. The van der Waals surface area contributed by atoms with Crippen molar-refractivity contribution in [3.8, 4) is 0 Å². The van der Waals surface area contributed by atoms with Gasteiger partial charge in [0.2, 0.25) is 0 Å². The standard InChI is InChI=1S/C7H7BF3N2O/c1-12-7(14)6-3-2-5(4-13-6)8(9,10)11/h2-4H,1H3,(H,12,14)/q-1. The van der Waals surface area contributed by atoms with Crippen molar-refractivity contribution in [1.82, 2.24) is 10.3 Å². The van der Waals surface area contributed by atoms with Gasteiger partial charge in [0, 0.05) is 13.2 Å². The number of halogens is 3. The Morgan fingerprint density at radius 1 is 1.43 bits per heavy atom. The van der Waals surface area contributed by atoms with Crippen LogP contribution in [-0.2, 0) is 0 Å². The van der Waals surface area contributed by atoms with E-state index in [1.54, 1.807) is 0 Å². The van der Waals surface area contributed by atoms with Crippen LogP contribution in [0.4, 0.5) is 12.9 Å². The maximum absolute atomic E-state index is 12.1. The molecule has 0 saturated heterocycles. The maximum Gasteiger partial charge on any atom is 0.511 e. The molecule has 0 bridgehead atoms. The second-order valence-electron chi connectivity index (χ2n) is 2.63. The van der Waals surface area contributed by atoms with E-state index >= 15 is 0 Å². The lowest BCUT2D eigenvalue weighted by atomic mass is 9.81. The van der Waals surface area contributed by atoms with Gasteiger partial charge in [-0.15, -0.1) is 0 Å². The van der Waals surface area contributed by atoms with Gasteiger partial charge < -0.3 is 18.3 Å². The summed E-state index contributed by atoms with van der Waals surface area (Å²) >= 11 is 0. The fourth-order valence-corrected chi connectivity index (χ4v) is 0.861. The van der Waals surface area contributed by atoms with E-state index in [-0.39, 0.29) is 5.69 Å². The van der Waals surface area contributed by atoms with E-state index in [0.29, 0.717) is 6.20 Å². The van der Waals surface area contributed by atoms with E-state index in [0.717, 1.165) is 12.1 Å². The molecule has 76 valence electrons. The fourth-order valence-electron chi connectivity index (χ4n) is 0.861. The number of pyridine rings is 1. The summed E-state index contributed by atoms with van der Waals surface area (Å²) in [7, 11) is 1.38. The number of nitrogens with zero attached hydrogens (tertiary/aromatic N) is 1. The molecular formula is C7H7BF3N2O-. The average molecular weight is 203 g/mol. The number of rotatable bonds is 2. The highest BCUT2D eigenvalue weighted by atomic mass is 19.4. The fraction of sp³-hybridized carbons (Fsp3) is 0.143. The predicted octanol–water partition coefficient (Wildman–Crippen LogP) is 0.496. The summed E-state index contributed by atoms with van der Waals surface area (Å²) in [6, 6.07) is 1.89. The van der Waals surface area contributed by atoms with Gasteiger partial charge in [0.05, 0.1) is 0 Å². The van der Waals surface area contributed by atoms with Crippen LogP contribution in [0.3, 0.4) is 0 Å². The Labute approximate surface area is 78.4 Å². The molecule has 0 radical (unpaired) electrons. The van der Waals surface area contributed by atoms with Crippen molar-refractivity contribution < 1.29 is 17.7 Å². The van der Waals surface area contributed by atoms with E-state index in [9.17, 15) is 17.7 Å². The van der Waals surface area contributed by atoms with Gasteiger partial charge in [0.1, 0.15) is 5.69 Å². The Morgan fingerprint density at radius 3 is 2.43 bits per heavy atom. The van der Waals surface area contributed by atoms with E-state index in [1.807, 2.05) is 0 Å². The molecule has 1 aromatic rings. The lowest BCUT2D eigenvalue weighted by Gasteiger charge is -2.13. The first kappa shape index (κ1) is 10.6. The molecule has 0 aromatic carbocycles. The average Bonchev–Trinajstić information content (AvgIpc) is 2.15. The predicted molar refractivity (Wildman–Crippen MR) is 46.3 cm³/mol. The largest absolute Gasteiger partial charge is 0.511 e. The van der Waals surface area contributed by atoms with Crippen molar-refractivity contribution in [3.05, 3.63) is 24.0 Å². The van der Waals surface area contributed by atoms with Crippen LogP contribution >= 0.6 is 0 Å². The number of aromatic nitrogens is 1. The van der Waals surface area contributed by atoms with Gasteiger partial charge in [-0.3, -0.25) is 9.78 Å². The van der Waals surface area contributed by atoms with Gasteiger partial charge >= 0.3 is 6.98 Å². The van der Waals surface area contributed by atoms with Crippen LogP contribution < -0.4 is 10.8 Å². The summed E-state index contributed by atoms with van der Waals surface area (Å²) in [4.78, 5) is 14.3. The van der Waals surface area contributed by atoms with Crippen LogP contribution in [0.15, 0.2) is 18.3 Å². The molecule has 0 aliphatic carbocycles. The third-order valence-electron chi connectivity index (χ3n) is 1.62. The smallest absolute Gasteiger partial charge is 0.445 e. The molecule has 0 atom stereocenters. The Bertz CT molecular complexity index is 336. The molecule has 1 rings (SSSR count). The maximum atomic E-state index is 12.1. The molecule has 0 aliphatic rings. The zero-order chi connectivity index (χ0) is 10.8. The van der Waals surface area contributed by atoms with E-state index in [2.05, 4.69) is 10.3 Å². The zero-order valence-electron chi connectivity index (χ0n) is 7.30. The Balaban J connectivity index is 2.95. The quantitative estimate of drug-likeness (QED) is 0.710. The van der Waals surface area contributed by atoms with E-state index < -0.39 is 18.3 Å². The number of hydrogen-bond donors (Lipinski definition) is 1. The second-order valence-corrected chi connectivity index (χ2v) is 2.63. The Hall–Kier alpha value is -1.53. The molecule has 3 nitrogen and oxygen atoms in total. The van der Waals surface area contributed by atoms with Crippen LogP contribution in [0.5, 0.6) is 0 Å². The van der Waals surface area contributed by atoms with Gasteiger partial charge in [-0.25, -0.2) is 0 Å². The van der Waals surface area contributed by atoms with Gasteiger partial charge in [0.15, 0.2) is 0 Å². The van der Waals surface area contributed by atoms with Crippen molar-refractivity contribution in [2.24, 2.45) is 0 Å². The third kappa shape index (κ3) is 2.24. The number of nitrogens with one attached hydrogen (secondary N) is 1. The zero-order valence-corrected chi connectivity index (χ0v) is 7.30. The summed E-state index contributed by atoms with van der Waals surface area (Å²) in [5, 5.41) is 2.26. The summed E-state index contributed by atoms with van der Waals surface area (Å²) in [5.74, 6) is -0.508. The van der Waals surface area contributed by atoms with Crippen molar-refractivity contribution in [1.29, 1.82) is 0 Å². The minimum absolute atomic E-state index is 0.0312. The van der Waals surface area contributed by atoms with Crippen LogP contribution in [-0.4, -0.2) is 24.9 Å². The molecule has 0 fully saturated rings. The second kappa shape index (κ2) is 3.69. The highest BCUT2D eigenvalue weighted by Crippen LogP contribution is 2.07. The number of hydrogen-bond acceptors (Lipinski definition) is 2. The topological polar surface area (TPSA) is 42.0 Å². The van der Waals surface area contributed by atoms with Crippen molar-refractivity contribution in [2.45, 2.75) is 0 Å². The number of amides is 1. The van der Waals surface area contributed by atoms with Gasteiger partial charge in [-0.05, 0) is 6.07 Å². The molecule has 0 saturated carbocycles. The lowest BCUT2D eigenvalue weighted by Crippen LogP contribution is -2.34.